The topological polar surface area (TPSA) is 78.1 Å². The van der Waals surface area contributed by atoms with Crippen molar-refractivity contribution < 1.29 is 8.42 Å². The lowest BCUT2D eigenvalue weighted by molar-refractivity contribution is 0.371. The van der Waals surface area contributed by atoms with E-state index in [0.717, 1.165) is 25.7 Å². The molecule has 1 aliphatic carbocycles. The number of nitrogens with one attached hydrogen (secondary N) is 2. The molecule has 2 rings (SSSR count). The van der Waals surface area contributed by atoms with Gasteiger partial charge in [-0.1, -0.05) is 26.7 Å². The van der Waals surface area contributed by atoms with Gasteiger partial charge < -0.3 is 5.32 Å². The fourth-order valence-corrected chi connectivity index (χ4v) is 4.09. The molecule has 0 atom stereocenters. The molecule has 0 unspecified atom stereocenters. The lowest BCUT2D eigenvalue weighted by Gasteiger charge is -2.23. The molecule has 1 aliphatic rings. The fourth-order valence-electron chi connectivity index (χ4n) is 2.57. The zero-order valence-electron chi connectivity index (χ0n) is 12.4. The quantitative estimate of drug-likeness (QED) is 0.834. The first-order chi connectivity index (χ1) is 9.43. The van der Waals surface area contributed by atoms with E-state index in [-0.39, 0.29) is 11.1 Å². The fraction of sp³-hybridized carbons (Fsp3) is 0.769. The van der Waals surface area contributed by atoms with Crippen molar-refractivity contribution in [2.45, 2.75) is 63.2 Å². The summed E-state index contributed by atoms with van der Waals surface area (Å²) in [5, 5.41) is 10.0. The second-order valence-corrected chi connectivity index (χ2v) is 7.65. The zero-order chi connectivity index (χ0) is 14.8. The predicted molar refractivity (Wildman–Crippen MR) is 77.8 cm³/mol. The molecule has 114 valence electrons. The molecule has 1 saturated carbocycles. The Bertz CT molecular complexity index is 532. The van der Waals surface area contributed by atoms with E-state index >= 15 is 0 Å². The second kappa shape index (κ2) is 6.24. The highest BCUT2D eigenvalue weighted by Crippen LogP contribution is 2.27. The molecule has 0 radical (unpaired) electrons. The van der Waals surface area contributed by atoms with Gasteiger partial charge in [0.05, 0.1) is 6.20 Å². The lowest BCUT2D eigenvalue weighted by Crippen LogP contribution is -2.36. The van der Waals surface area contributed by atoms with Crippen molar-refractivity contribution in [3.63, 3.8) is 0 Å². The van der Waals surface area contributed by atoms with Crippen LogP contribution in [0, 0.1) is 0 Å². The van der Waals surface area contributed by atoms with Crippen molar-refractivity contribution in [1.82, 2.24) is 19.8 Å². The number of aromatic amines is 1. The largest absolute Gasteiger partial charge is 0.310 e. The van der Waals surface area contributed by atoms with E-state index in [2.05, 4.69) is 15.5 Å². The number of nitrogens with zero attached hydrogens (tertiary/aromatic N) is 2. The Morgan fingerprint density at radius 2 is 2.10 bits per heavy atom. The minimum atomic E-state index is -3.48. The summed E-state index contributed by atoms with van der Waals surface area (Å²) in [6.07, 6.45) is 5.70. The standard InChI is InChI=1S/C13H24N4O2S/c1-10(2)14-8-11-9-15-16-13(11)20(18,19)17(3)12-6-4-5-7-12/h9-10,12,14H,4-8H2,1-3H3,(H,15,16). The van der Waals surface area contributed by atoms with E-state index in [1.165, 1.54) is 4.31 Å². The van der Waals surface area contributed by atoms with Gasteiger partial charge in [-0.3, -0.25) is 5.10 Å². The van der Waals surface area contributed by atoms with Crippen LogP contribution in [0.2, 0.25) is 0 Å². The highest BCUT2D eigenvalue weighted by atomic mass is 32.2. The first-order valence-corrected chi connectivity index (χ1v) is 8.60. The number of H-pyrrole nitrogens is 1. The Morgan fingerprint density at radius 3 is 2.70 bits per heavy atom. The molecule has 2 N–H and O–H groups in total. The number of aromatic nitrogens is 2. The maximum absolute atomic E-state index is 12.7. The number of rotatable bonds is 6. The molecule has 1 aromatic heterocycles. The van der Waals surface area contributed by atoms with Crippen LogP contribution in [0.25, 0.3) is 0 Å². The van der Waals surface area contributed by atoms with Crippen LogP contribution in [0.3, 0.4) is 0 Å². The lowest BCUT2D eigenvalue weighted by atomic mass is 10.3. The van der Waals surface area contributed by atoms with Crippen molar-refractivity contribution in [3.8, 4) is 0 Å². The van der Waals surface area contributed by atoms with Crippen molar-refractivity contribution >= 4 is 10.0 Å². The second-order valence-electron chi connectivity index (χ2n) is 5.72. The molecule has 1 aromatic rings. The summed E-state index contributed by atoms with van der Waals surface area (Å²) < 4.78 is 26.9. The van der Waals surface area contributed by atoms with Crippen LogP contribution in [0.1, 0.15) is 45.1 Å². The van der Waals surface area contributed by atoms with Crippen LogP contribution in [0.4, 0.5) is 0 Å². The van der Waals surface area contributed by atoms with Crippen LogP contribution in [0.15, 0.2) is 11.2 Å². The molecule has 0 aromatic carbocycles. The third-order valence-electron chi connectivity index (χ3n) is 3.85. The normalized spacial score (nSPS) is 17.4. The molecule has 0 bridgehead atoms. The molecule has 0 amide bonds. The van der Waals surface area contributed by atoms with Gasteiger partial charge >= 0.3 is 0 Å². The molecule has 6 nitrogen and oxygen atoms in total. The van der Waals surface area contributed by atoms with E-state index in [1.807, 2.05) is 13.8 Å². The molecule has 1 heterocycles. The Hall–Kier alpha value is -0.920. The highest BCUT2D eigenvalue weighted by Gasteiger charge is 2.32. The molecule has 0 aliphatic heterocycles. The third-order valence-corrected chi connectivity index (χ3v) is 5.78. The van der Waals surface area contributed by atoms with Gasteiger partial charge in [0.15, 0.2) is 5.03 Å². The van der Waals surface area contributed by atoms with Gasteiger partial charge in [-0.2, -0.15) is 9.40 Å². The highest BCUT2D eigenvalue weighted by molar-refractivity contribution is 7.89. The molecule has 0 saturated heterocycles. The SMILES string of the molecule is CC(C)NCc1cn[nH]c1S(=O)(=O)N(C)C1CCCC1. The summed E-state index contributed by atoms with van der Waals surface area (Å²) in [5.74, 6) is 0. The minimum absolute atomic E-state index is 0.120. The zero-order valence-corrected chi connectivity index (χ0v) is 13.2. The van der Waals surface area contributed by atoms with Crippen molar-refractivity contribution in [2.75, 3.05) is 7.05 Å². The number of hydrogen-bond donors (Lipinski definition) is 2. The summed E-state index contributed by atoms with van der Waals surface area (Å²) in [5.41, 5.74) is 0.698. The Morgan fingerprint density at radius 1 is 1.45 bits per heavy atom. The minimum Gasteiger partial charge on any atom is -0.310 e. The molecule has 0 spiro atoms. The Balaban J connectivity index is 2.18. The summed E-state index contributed by atoms with van der Waals surface area (Å²) in [7, 11) is -1.81. The smallest absolute Gasteiger partial charge is 0.260 e. The molecule has 20 heavy (non-hydrogen) atoms. The van der Waals surface area contributed by atoms with Gasteiger partial charge in [-0.25, -0.2) is 8.42 Å². The third kappa shape index (κ3) is 3.21. The Labute approximate surface area is 121 Å². The average molecular weight is 300 g/mol. The maximum Gasteiger partial charge on any atom is 0.260 e. The molecular formula is C13H24N4O2S. The number of sulfonamides is 1. The van der Waals surface area contributed by atoms with Gasteiger partial charge in [-0.05, 0) is 12.8 Å². The summed E-state index contributed by atoms with van der Waals surface area (Å²) in [6.45, 7) is 4.55. The van der Waals surface area contributed by atoms with Gasteiger partial charge in [0, 0.05) is 31.2 Å². The van der Waals surface area contributed by atoms with Gasteiger partial charge in [-0.15, -0.1) is 0 Å². The number of hydrogen-bond acceptors (Lipinski definition) is 4. The van der Waals surface area contributed by atoms with Gasteiger partial charge in [0.2, 0.25) is 0 Å². The Kier molecular flexibility index (Phi) is 4.82. The van der Waals surface area contributed by atoms with E-state index in [4.69, 9.17) is 0 Å². The van der Waals surface area contributed by atoms with E-state index in [1.54, 1.807) is 13.2 Å². The van der Waals surface area contributed by atoms with Crippen LogP contribution in [0.5, 0.6) is 0 Å². The van der Waals surface area contributed by atoms with E-state index in [0.29, 0.717) is 18.2 Å². The first-order valence-electron chi connectivity index (χ1n) is 7.16. The summed E-state index contributed by atoms with van der Waals surface area (Å²) >= 11 is 0. The van der Waals surface area contributed by atoms with Crippen LogP contribution < -0.4 is 5.32 Å². The van der Waals surface area contributed by atoms with Gasteiger partial charge in [0.1, 0.15) is 0 Å². The average Bonchev–Trinajstić information content (AvgIpc) is 3.06. The first kappa shape index (κ1) is 15.5. The van der Waals surface area contributed by atoms with Crippen molar-refractivity contribution in [3.05, 3.63) is 11.8 Å². The van der Waals surface area contributed by atoms with Crippen molar-refractivity contribution in [2.24, 2.45) is 0 Å². The van der Waals surface area contributed by atoms with E-state index < -0.39 is 10.0 Å². The van der Waals surface area contributed by atoms with Gasteiger partial charge in [0.25, 0.3) is 10.0 Å². The van der Waals surface area contributed by atoms with E-state index in [9.17, 15) is 8.42 Å². The monoisotopic (exact) mass is 300 g/mol. The van der Waals surface area contributed by atoms with Crippen LogP contribution in [-0.2, 0) is 16.6 Å². The molecule has 7 heteroatoms. The molecular weight excluding hydrogens is 276 g/mol. The van der Waals surface area contributed by atoms with Crippen LogP contribution in [-0.4, -0.2) is 42.1 Å². The summed E-state index contributed by atoms with van der Waals surface area (Å²) in [6, 6.07) is 0.419. The molecule has 1 fully saturated rings. The van der Waals surface area contributed by atoms with Crippen molar-refractivity contribution in [1.29, 1.82) is 0 Å². The summed E-state index contributed by atoms with van der Waals surface area (Å²) in [4.78, 5) is 0. The predicted octanol–water partition coefficient (Wildman–Crippen LogP) is 1.47. The van der Waals surface area contributed by atoms with Crippen LogP contribution >= 0.6 is 0 Å². The maximum atomic E-state index is 12.7.